The molecule has 0 aromatic heterocycles. The molecule has 2 amide bonds. The first-order chi connectivity index (χ1) is 12.0. The maximum Gasteiger partial charge on any atom is 0.337 e. The van der Waals surface area contributed by atoms with Crippen molar-refractivity contribution in [2.24, 2.45) is 10.8 Å². The highest BCUT2D eigenvalue weighted by Gasteiger charge is 2.28. The van der Waals surface area contributed by atoms with Gasteiger partial charge < -0.3 is 15.4 Å². The summed E-state index contributed by atoms with van der Waals surface area (Å²) in [6.45, 7) is 6.80. The number of anilines is 2. The van der Waals surface area contributed by atoms with Gasteiger partial charge >= 0.3 is 5.97 Å². The normalized spacial score (nSPS) is 11.7. The van der Waals surface area contributed by atoms with Gasteiger partial charge in [-0.2, -0.15) is 0 Å². The van der Waals surface area contributed by atoms with E-state index in [1.165, 1.54) is 19.2 Å². The summed E-state index contributed by atoms with van der Waals surface area (Å²) >= 11 is 11.6. The molecule has 1 aromatic carbocycles. The lowest BCUT2D eigenvalue weighted by atomic mass is 9.94. The van der Waals surface area contributed by atoms with Gasteiger partial charge in [-0.05, 0) is 45.9 Å². The van der Waals surface area contributed by atoms with Crippen molar-refractivity contribution >= 4 is 52.4 Å². The number of nitrogens with one attached hydrogen (secondary N) is 2. The monoisotopic (exact) mass is 402 g/mol. The van der Waals surface area contributed by atoms with Crippen LogP contribution < -0.4 is 10.6 Å². The minimum absolute atomic E-state index is 0.128. The minimum Gasteiger partial charge on any atom is -0.465 e. The van der Waals surface area contributed by atoms with E-state index < -0.39 is 16.8 Å². The Balaban J connectivity index is 3.21. The molecule has 0 fully saturated rings. The zero-order valence-electron chi connectivity index (χ0n) is 15.5. The third kappa shape index (κ3) is 5.61. The van der Waals surface area contributed by atoms with Crippen LogP contribution in [0.4, 0.5) is 11.4 Å². The van der Waals surface area contributed by atoms with Crippen LogP contribution >= 0.6 is 23.2 Å². The van der Waals surface area contributed by atoms with E-state index in [2.05, 4.69) is 10.6 Å². The molecule has 0 unspecified atom stereocenters. The van der Waals surface area contributed by atoms with Crippen LogP contribution in [-0.2, 0) is 14.3 Å². The molecular weight excluding hydrogens is 379 g/mol. The summed E-state index contributed by atoms with van der Waals surface area (Å²) in [5.74, 6) is -0.961. The molecule has 26 heavy (non-hydrogen) atoms. The van der Waals surface area contributed by atoms with Crippen molar-refractivity contribution in [3.63, 3.8) is 0 Å². The summed E-state index contributed by atoms with van der Waals surface area (Å²) in [6, 6.07) is 4.49. The number of ether oxygens (including phenoxy) is 1. The summed E-state index contributed by atoms with van der Waals surface area (Å²) in [4.78, 5) is 36.6. The smallest absolute Gasteiger partial charge is 0.337 e. The fourth-order valence-corrected chi connectivity index (χ4v) is 1.97. The Kier molecular flexibility index (Phi) is 7.47. The van der Waals surface area contributed by atoms with Gasteiger partial charge in [0.2, 0.25) is 11.8 Å². The number of amides is 2. The third-order valence-electron chi connectivity index (χ3n) is 3.77. The van der Waals surface area contributed by atoms with Gasteiger partial charge in [-0.15, -0.1) is 23.2 Å². The summed E-state index contributed by atoms with van der Waals surface area (Å²) in [5, 5.41) is 5.42. The van der Waals surface area contributed by atoms with Crippen molar-refractivity contribution in [1.82, 2.24) is 0 Å². The molecule has 1 rings (SSSR count). The molecule has 0 aliphatic heterocycles. The van der Waals surface area contributed by atoms with Crippen LogP contribution in [0.2, 0.25) is 0 Å². The molecule has 0 bridgehead atoms. The lowest BCUT2D eigenvalue weighted by molar-refractivity contribution is -0.123. The Labute approximate surface area is 163 Å². The van der Waals surface area contributed by atoms with Crippen LogP contribution in [0.3, 0.4) is 0 Å². The summed E-state index contributed by atoms with van der Waals surface area (Å²) in [6.07, 6.45) is 0. The summed E-state index contributed by atoms with van der Waals surface area (Å²) in [5.41, 5.74) is -0.724. The van der Waals surface area contributed by atoms with E-state index in [0.29, 0.717) is 11.4 Å². The van der Waals surface area contributed by atoms with Crippen LogP contribution in [-0.4, -0.2) is 36.7 Å². The first kappa shape index (κ1) is 22.3. The molecule has 0 spiro atoms. The van der Waals surface area contributed by atoms with Gasteiger partial charge in [0.15, 0.2) is 0 Å². The number of halogens is 2. The van der Waals surface area contributed by atoms with Crippen LogP contribution in [0.15, 0.2) is 18.2 Å². The lowest BCUT2D eigenvalue weighted by Crippen LogP contribution is -2.33. The summed E-state index contributed by atoms with van der Waals surface area (Å²) < 4.78 is 4.73. The number of methoxy groups -OCH3 is 1. The average Bonchev–Trinajstić information content (AvgIpc) is 2.60. The van der Waals surface area contributed by atoms with Crippen molar-refractivity contribution in [2.45, 2.75) is 27.7 Å². The Morgan fingerprint density at radius 1 is 0.885 bits per heavy atom. The molecule has 0 saturated carbocycles. The molecule has 6 nitrogen and oxygen atoms in total. The van der Waals surface area contributed by atoms with Crippen molar-refractivity contribution in [3.05, 3.63) is 23.8 Å². The van der Waals surface area contributed by atoms with E-state index in [9.17, 15) is 14.4 Å². The van der Waals surface area contributed by atoms with E-state index in [4.69, 9.17) is 27.9 Å². The number of rotatable bonds is 7. The first-order valence-corrected chi connectivity index (χ1v) is 9.02. The van der Waals surface area contributed by atoms with Crippen molar-refractivity contribution < 1.29 is 19.1 Å². The molecule has 8 heteroatoms. The molecule has 0 radical (unpaired) electrons. The quantitative estimate of drug-likeness (QED) is 0.535. The molecule has 0 aliphatic carbocycles. The molecular formula is C18H24Cl2N2O4. The molecule has 0 atom stereocenters. The van der Waals surface area contributed by atoms with Gasteiger partial charge in [-0.3, -0.25) is 9.59 Å². The number of alkyl halides is 2. The molecule has 0 saturated heterocycles. The Morgan fingerprint density at radius 3 is 1.58 bits per heavy atom. The molecule has 0 aliphatic rings. The molecule has 0 heterocycles. The number of hydrogen-bond donors (Lipinski definition) is 2. The van der Waals surface area contributed by atoms with Gasteiger partial charge in [-0.25, -0.2) is 4.79 Å². The molecule has 2 N–H and O–H groups in total. The number of carbonyl (C=O) groups excluding carboxylic acids is 3. The van der Waals surface area contributed by atoms with Gasteiger partial charge in [0.1, 0.15) is 0 Å². The van der Waals surface area contributed by atoms with Crippen LogP contribution in [0.5, 0.6) is 0 Å². The Hall–Kier alpha value is -1.79. The van der Waals surface area contributed by atoms with E-state index in [-0.39, 0.29) is 29.1 Å². The van der Waals surface area contributed by atoms with Crippen molar-refractivity contribution in [3.8, 4) is 0 Å². The number of carbonyl (C=O) groups is 3. The average molecular weight is 403 g/mol. The number of hydrogen-bond acceptors (Lipinski definition) is 4. The Morgan fingerprint density at radius 2 is 1.27 bits per heavy atom. The van der Waals surface area contributed by atoms with Gasteiger partial charge in [0.25, 0.3) is 0 Å². The highest BCUT2D eigenvalue weighted by molar-refractivity contribution is 6.21. The maximum absolute atomic E-state index is 12.3. The summed E-state index contributed by atoms with van der Waals surface area (Å²) in [7, 11) is 1.25. The van der Waals surface area contributed by atoms with E-state index in [0.717, 1.165) is 0 Å². The largest absolute Gasteiger partial charge is 0.465 e. The second-order valence-corrected chi connectivity index (χ2v) is 7.77. The van der Waals surface area contributed by atoms with Gasteiger partial charge in [0, 0.05) is 23.1 Å². The molecule has 1 aromatic rings. The SMILES string of the molecule is COC(=O)c1cc(NC(=O)C(C)(C)CCl)cc(NC(=O)C(C)(C)CCl)c1. The fourth-order valence-electron chi connectivity index (χ4n) is 1.73. The molecule has 144 valence electrons. The van der Waals surface area contributed by atoms with E-state index in [1.807, 2.05) is 0 Å². The van der Waals surface area contributed by atoms with Gasteiger partial charge in [-0.1, -0.05) is 0 Å². The second-order valence-electron chi connectivity index (χ2n) is 7.23. The van der Waals surface area contributed by atoms with Crippen molar-refractivity contribution in [1.29, 1.82) is 0 Å². The van der Waals surface area contributed by atoms with Crippen LogP contribution in [0.25, 0.3) is 0 Å². The maximum atomic E-state index is 12.3. The number of benzene rings is 1. The van der Waals surface area contributed by atoms with Crippen LogP contribution in [0.1, 0.15) is 38.1 Å². The highest BCUT2D eigenvalue weighted by atomic mass is 35.5. The standard InChI is InChI=1S/C18H24Cl2N2O4/c1-17(2,9-19)15(24)21-12-6-11(14(23)26-5)7-13(8-12)22-16(25)18(3,4)10-20/h6-8H,9-10H2,1-5H3,(H,21,24)(H,22,25). The fraction of sp³-hybridized carbons (Fsp3) is 0.500. The predicted molar refractivity (Wildman–Crippen MR) is 104 cm³/mol. The highest BCUT2D eigenvalue weighted by Crippen LogP contribution is 2.26. The predicted octanol–water partition coefficient (Wildman–Crippen LogP) is 3.88. The zero-order chi connectivity index (χ0) is 20.1. The van der Waals surface area contributed by atoms with Crippen molar-refractivity contribution in [2.75, 3.05) is 29.5 Å². The van der Waals surface area contributed by atoms with Crippen LogP contribution in [0, 0.1) is 10.8 Å². The topological polar surface area (TPSA) is 84.5 Å². The van der Waals surface area contributed by atoms with E-state index in [1.54, 1.807) is 33.8 Å². The zero-order valence-corrected chi connectivity index (χ0v) is 17.0. The van der Waals surface area contributed by atoms with E-state index >= 15 is 0 Å². The number of esters is 1. The third-order valence-corrected chi connectivity index (χ3v) is 5.10. The second kappa shape index (κ2) is 8.73. The van der Waals surface area contributed by atoms with Gasteiger partial charge in [0.05, 0.1) is 23.5 Å². The lowest BCUT2D eigenvalue weighted by Gasteiger charge is -2.22. The minimum atomic E-state index is -0.799. The Bertz CT molecular complexity index is 654. The first-order valence-electron chi connectivity index (χ1n) is 7.95.